The highest BCUT2D eigenvalue weighted by molar-refractivity contribution is 5.88. The molecule has 0 aliphatic carbocycles. The van der Waals surface area contributed by atoms with Crippen molar-refractivity contribution in [1.82, 2.24) is 5.32 Å². The molecule has 1 aliphatic rings. The molecule has 1 N–H and O–H groups in total. The first-order valence-electron chi connectivity index (χ1n) is 3.87. The molecule has 0 saturated heterocycles. The van der Waals surface area contributed by atoms with E-state index in [1.807, 2.05) is 18.2 Å². The third-order valence-corrected chi connectivity index (χ3v) is 1.84. The fraction of sp³-hybridized carbons (Fsp3) is 0.222. The van der Waals surface area contributed by atoms with Gasteiger partial charge in [0, 0.05) is 0 Å². The van der Waals surface area contributed by atoms with Gasteiger partial charge in [0.05, 0.1) is 12.3 Å². The fourth-order valence-electron chi connectivity index (χ4n) is 1.27. The Morgan fingerprint density at radius 3 is 3.17 bits per heavy atom. The number of rotatable bonds is 1. The van der Waals surface area contributed by atoms with Crippen LogP contribution in [-0.4, -0.2) is 5.91 Å². The molecule has 0 aromatic carbocycles. The van der Waals surface area contributed by atoms with E-state index in [1.165, 1.54) is 0 Å². The van der Waals surface area contributed by atoms with Crippen molar-refractivity contribution < 1.29 is 9.21 Å². The fourth-order valence-corrected chi connectivity index (χ4v) is 1.27. The van der Waals surface area contributed by atoms with E-state index in [2.05, 4.69) is 5.32 Å². The molecule has 2 rings (SSSR count). The summed E-state index contributed by atoms with van der Waals surface area (Å²) in [7, 11) is 0. The lowest BCUT2D eigenvalue weighted by atomic mass is 10.1. The molecule has 2 heterocycles. The van der Waals surface area contributed by atoms with Crippen LogP contribution >= 0.6 is 0 Å². The number of hydrogen-bond acceptors (Lipinski definition) is 2. The number of furan rings is 1. The summed E-state index contributed by atoms with van der Waals surface area (Å²) in [4.78, 5) is 10.9. The minimum atomic E-state index is -0.0531. The summed E-state index contributed by atoms with van der Waals surface area (Å²) in [5, 5.41) is 2.80. The first kappa shape index (κ1) is 7.16. The Bertz CT molecular complexity index is 300. The molecule has 1 amide bonds. The quantitative estimate of drug-likeness (QED) is 0.679. The zero-order chi connectivity index (χ0) is 8.39. The second-order valence-corrected chi connectivity index (χ2v) is 2.71. The number of carbonyl (C=O) groups is 1. The van der Waals surface area contributed by atoms with E-state index >= 15 is 0 Å². The van der Waals surface area contributed by atoms with Crippen LogP contribution in [0.15, 0.2) is 35.0 Å². The van der Waals surface area contributed by atoms with Crippen LogP contribution in [0.5, 0.6) is 0 Å². The van der Waals surface area contributed by atoms with Gasteiger partial charge in [0.15, 0.2) is 0 Å². The van der Waals surface area contributed by atoms with Gasteiger partial charge < -0.3 is 9.73 Å². The number of amides is 1. The van der Waals surface area contributed by atoms with Gasteiger partial charge in [0.1, 0.15) is 5.76 Å². The molecule has 3 nitrogen and oxygen atoms in total. The maximum absolute atomic E-state index is 10.9. The predicted octanol–water partition coefficient (Wildman–Crippen LogP) is 1.40. The Morgan fingerprint density at radius 2 is 2.50 bits per heavy atom. The lowest BCUT2D eigenvalue weighted by Gasteiger charge is -2.16. The van der Waals surface area contributed by atoms with Gasteiger partial charge in [-0.3, -0.25) is 4.79 Å². The number of hydrogen-bond donors (Lipinski definition) is 1. The van der Waals surface area contributed by atoms with Gasteiger partial charge in [-0.05, 0) is 24.6 Å². The zero-order valence-electron chi connectivity index (χ0n) is 6.49. The SMILES string of the molecule is O=C1C=CC[C@@H](c2ccco2)N1. The van der Waals surface area contributed by atoms with Gasteiger partial charge in [0.2, 0.25) is 5.91 Å². The van der Waals surface area contributed by atoms with Crippen LogP contribution in [0.1, 0.15) is 18.2 Å². The molecule has 0 saturated carbocycles. The van der Waals surface area contributed by atoms with Crippen molar-refractivity contribution in [3.05, 3.63) is 36.3 Å². The average molecular weight is 163 g/mol. The highest BCUT2D eigenvalue weighted by Crippen LogP contribution is 2.19. The van der Waals surface area contributed by atoms with Crippen molar-refractivity contribution in [2.45, 2.75) is 12.5 Å². The minimum absolute atomic E-state index is 0.0116. The van der Waals surface area contributed by atoms with Crippen LogP contribution < -0.4 is 5.32 Å². The van der Waals surface area contributed by atoms with Crippen molar-refractivity contribution in [3.8, 4) is 0 Å². The zero-order valence-corrected chi connectivity index (χ0v) is 6.49. The summed E-state index contributed by atoms with van der Waals surface area (Å²) in [5.74, 6) is 0.760. The summed E-state index contributed by atoms with van der Waals surface area (Å²) in [6, 6.07) is 3.70. The van der Waals surface area contributed by atoms with Crippen LogP contribution in [0, 0.1) is 0 Å². The Hall–Kier alpha value is -1.51. The molecule has 3 heteroatoms. The summed E-state index contributed by atoms with van der Waals surface area (Å²) >= 11 is 0. The van der Waals surface area contributed by atoms with Gasteiger partial charge >= 0.3 is 0 Å². The minimum Gasteiger partial charge on any atom is -0.467 e. The van der Waals surface area contributed by atoms with Crippen molar-refractivity contribution in [3.63, 3.8) is 0 Å². The van der Waals surface area contributed by atoms with E-state index in [4.69, 9.17) is 4.42 Å². The Labute approximate surface area is 70.1 Å². The number of carbonyl (C=O) groups excluding carboxylic acids is 1. The van der Waals surface area contributed by atoms with Crippen molar-refractivity contribution in [1.29, 1.82) is 0 Å². The van der Waals surface area contributed by atoms with Crippen molar-refractivity contribution >= 4 is 5.91 Å². The summed E-state index contributed by atoms with van der Waals surface area (Å²) in [6.07, 6.45) is 5.81. The molecule has 0 radical (unpaired) electrons. The van der Waals surface area contributed by atoms with E-state index in [9.17, 15) is 4.79 Å². The van der Waals surface area contributed by atoms with Gasteiger partial charge in [-0.15, -0.1) is 0 Å². The first-order valence-corrected chi connectivity index (χ1v) is 3.87. The molecule has 62 valence electrons. The van der Waals surface area contributed by atoms with Crippen LogP contribution in [0.2, 0.25) is 0 Å². The number of nitrogens with one attached hydrogen (secondary N) is 1. The van der Waals surface area contributed by atoms with E-state index in [0.717, 1.165) is 12.2 Å². The van der Waals surface area contributed by atoms with Crippen LogP contribution in [-0.2, 0) is 4.79 Å². The smallest absolute Gasteiger partial charge is 0.244 e. The lowest BCUT2D eigenvalue weighted by molar-refractivity contribution is -0.117. The Kier molecular flexibility index (Phi) is 1.70. The predicted molar refractivity (Wildman–Crippen MR) is 43.3 cm³/mol. The summed E-state index contributed by atoms with van der Waals surface area (Å²) in [5.41, 5.74) is 0. The molecular formula is C9H9NO2. The lowest BCUT2D eigenvalue weighted by Crippen LogP contribution is -2.28. The van der Waals surface area contributed by atoms with Gasteiger partial charge in [0.25, 0.3) is 0 Å². The molecule has 1 aromatic rings. The maximum atomic E-state index is 10.9. The average Bonchev–Trinajstić information content (AvgIpc) is 2.56. The third-order valence-electron chi connectivity index (χ3n) is 1.84. The molecule has 0 spiro atoms. The van der Waals surface area contributed by atoms with E-state index in [1.54, 1.807) is 12.3 Å². The molecule has 1 aliphatic heterocycles. The second-order valence-electron chi connectivity index (χ2n) is 2.71. The normalized spacial score (nSPS) is 22.3. The van der Waals surface area contributed by atoms with Crippen LogP contribution in [0.4, 0.5) is 0 Å². The topological polar surface area (TPSA) is 42.2 Å². The van der Waals surface area contributed by atoms with Crippen LogP contribution in [0.3, 0.4) is 0 Å². The largest absolute Gasteiger partial charge is 0.467 e. The van der Waals surface area contributed by atoms with E-state index < -0.39 is 0 Å². The molecule has 0 bridgehead atoms. The molecule has 1 aromatic heterocycles. The third kappa shape index (κ3) is 1.25. The monoisotopic (exact) mass is 163 g/mol. The highest BCUT2D eigenvalue weighted by atomic mass is 16.3. The van der Waals surface area contributed by atoms with Gasteiger partial charge in [-0.25, -0.2) is 0 Å². The Morgan fingerprint density at radius 1 is 1.58 bits per heavy atom. The second kappa shape index (κ2) is 2.85. The molecule has 0 unspecified atom stereocenters. The van der Waals surface area contributed by atoms with Gasteiger partial charge in [-0.2, -0.15) is 0 Å². The summed E-state index contributed by atoms with van der Waals surface area (Å²) in [6.45, 7) is 0. The standard InChI is InChI=1S/C9H9NO2/c11-9-5-1-3-7(10-9)8-4-2-6-12-8/h1-2,4-7H,3H2,(H,10,11)/t7-/m0/s1. The molecule has 0 fully saturated rings. The molecule has 12 heavy (non-hydrogen) atoms. The van der Waals surface area contributed by atoms with Crippen molar-refractivity contribution in [2.75, 3.05) is 0 Å². The molecular weight excluding hydrogens is 154 g/mol. The van der Waals surface area contributed by atoms with E-state index in [-0.39, 0.29) is 11.9 Å². The molecule has 1 atom stereocenters. The first-order chi connectivity index (χ1) is 5.86. The Balaban J connectivity index is 2.17. The van der Waals surface area contributed by atoms with Crippen molar-refractivity contribution in [2.24, 2.45) is 0 Å². The maximum Gasteiger partial charge on any atom is 0.244 e. The van der Waals surface area contributed by atoms with E-state index in [0.29, 0.717) is 0 Å². The van der Waals surface area contributed by atoms with Gasteiger partial charge in [-0.1, -0.05) is 6.08 Å². The van der Waals surface area contributed by atoms with Crippen LogP contribution in [0.25, 0.3) is 0 Å². The highest BCUT2D eigenvalue weighted by Gasteiger charge is 2.17. The summed E-state index contributed by atoms with van der Waals surface area (Å²) < 4.78 is 5.17.